The number of hydrogen-bond donors (Lipinski definition) is 2. The van der Waals surface area contributed by atoms with Crippen LogP contribution in [0.3, 0.4) is 0 Å². The highest BCUT2D eigenvalue weighted by atomic mass is 35.5. The number of nitrogens with zero attached hydrogens (tertiary/aromatic N) is 5. The molecule has 6 rings (SSSR count). The molecule has 1 aromatic heterocycles. The van der Waals surface area contributed by atoms with Crippen LogP contribution in [-0.4, -0.2) is 113 Å². The van der Waals surface area contributed by atoms with E-state index in [-0.39, 0.29) is 23.9 Å². The molecule has 2 N–H and O–H groups in total. The van der Waals surface area contributed by atoms with Crippen LogP contribution < -0.4 is 5.32 Å². The van der Waals surface area contributed by atoms with Crippen molar-refractivity contribution in [3.8, 4) is 0 Å². The lowest BCUT2D eigenvalue weighted by molar-refractivity contribution is -0.138. The van der Waals surface area contributed by atoms with Crippen molar-refractivity contribution in [2.45, 2.75) is 36.6 Å². The van der Waals surface area contributed by atoms with Gasteiger partial charge < -0.3 is 25.1 Å². The van der Waals surface area contributed by atoms with Gasteiger partial charge in [0.25, 0.3) is 5.91 Å². The number of rotatable bonds is 9. The summed E-state index contributed by atoms with van der Waals surface area (Å²) in [7, 11) is 0. The van der Waals surface area contributed by atoms with Crippen molar-refractivity contribution in [3.63, 3.8) is 0 Å². The van der Waals surface area contributed by atoms with Gasteiger partial charge in [0, 0.05) is 75.7 Å². The highest BCUT2D eigenvalue weighted by Crippen LogP contribution is 2.41. The number of carbonyl (C=O) groups is 3. The van der Waals surface area contributed by atoms with Gasteiger partial charge in [-0.1, -0.05) is 47.5 Å². The van der Waals surface area contributed by atoms with Crippen LogP contribution in [0.2, 0.25) is 10.0 Å². The number of likely N-dealkylation sites (tertiary alicyclic amines) is 2. The third-order valence-electron chi connectivity index (χ3n) is 10.4. The maximum Gasteiger partial charge on any atom is 0.318 e. The minimum absolute atomic E-state index is 0.0139. The van der Waals surface area contributed by atoms with E-state index in [9.17, 15) is 14.4 Å². The summed E-state index contributed by atoms with van der Waals surface area (Å²) < 4.78 is 0. The van der Waals surface area contributed by atoms with Gasteiger partial charge in [0.2, 0.25) is 0 Å². The van der Waals surface area contributed by atoms with Crippen LogP contribution in [0.25, 0.3) is 0 Å². The number of amides is 3. The molecule has 0 saturated carbocycles. The van der Waals surface area contributed by atoms with Crippen LogP contribution in [0.1, 0.15) is 47.2 Å². The number of nitrogens with one attached hydrogen (secondary N) is 1. The van der Waals surface area contributed by atoms with Gasteiger partial charge in [-0.2, -0.15) is 0 Å². The fourth-order valence-electron chi connectivity index (χ4n) is 7.49. The van der Waals surface area contributed by atoms with E-state index >= 15 is 0 Å². The van der Waals surface area contributed by atoms with E-state index < -0.39 is 11.5 Å². The van der Waals surface area contributed by atoms with Gasteiger partial charge in [-0.25, -0.2) is 4.79 Å². The minimum atomic E-state index is -0.856. The number of benzene rings is 2. The molecule has 0 radical (unpaired) electrons. The summed E-state index contributed by atoms with van der Waals surface area (Å²) in [5.41, 5.74) is 2.01. The molecule has 2 aromatic carbocycles. The number of halogens is 2. The normalized spacial score (nSPS) is 21.6. The molecular formula is C36H42Cl2N6O4. The smallest absolute Gasteiger partial charge is 0.318 e. The maximum atomic E-state index is 13.6. The highest BCUT2D eigenvalue weighted by molar-refractivity contribution is 6.42. The third-order valence-corrected chi connectivity index (χ3v) is 11.1. The molecule has 3 aliphatic rings. The second-order valence-corrected chi connectivity index (χ2v) is 14.1. The molecule has 3 aromatic rings. The zero-order chi connectivity index (χ0) is 33.7. The summed E-state index contributed by atoms with van der Waals surface area (Å²) in [6.45, 7) is 5.70. The molecule has 1 atom stereocenters. The lowest BCUT2D eigenvalue weighted by Gasteiger charge is -2.45. The highest BCUT2D eigenvalue weighted by Gasteiger charge is 2.43. The van der Waals surface area contributed by atoms with Crippen LogP contribution in [-0.2, 0) is 15.7 Å². The molecule has 3 saturated heterocycles. The molecule has 3 amide bonds. The third kappa shape index (κ3) is 7.62. The molecule has 10 nitrogen and oxygen atoms in total. The van der Waals surface area contributed by atoms with Crippen LogP contribution in [0.5, 0.6) is 0 Å². The van der Waals surface area contributed by atoms with Gasteiger partial charge in [0.15, 0.2) is 0 Å². The van der Waals surface area contributed by atoms with E-state index in [1.54, 1.807) is 17.3 Å². The predicted molar refractivity (Wildman–Crippen MR) is 185 cm³/mol. The van der Waals surface area contributed by atoms with Gasteiger partial charge in [0.05, 0.1) is 22.1 Å². The molecule has 4 heterocycles. The lowest BCUT2D eigenvalue weighted by Crippen LogP contribution is -2.59. The zero-order valence-corrected chi connectivity index (χ0v) is 28.5. The molecular weight excluding hydrogens is 651 g/mol. The number of urea groups is 1. The van der Waals surface area contributed by atoms with Crippen LogP contribution >= 0.6 is 23.2 Å². The van der Waals surface area contributed by atoms with E-state index in [2.05, 4.69) is 15.2 Å². The standard InChI is InChI=1S/C36H42Cl2N6O4/c37-30-7-6-29(24-31(30)38)35(11-19-44(26-35)33(47)27-4-2-1-3-5-27)10-16-41-17-12-36(13-18-41,28-8-14-39-15-9-28)40-34(48)43-22-20-42(21-23-43)25-32(45)46/h1-9,14-15,24H,10-13,16-23,25-26H2,(H,40,48)(H,45,46). The van der Waals surface area contributed by atoms with E-state index in [1.165, 1.54) is 0 Å². The number of pyridine rings is 1. The number of piperazine rings is 1. The first kappa shape index (κ1) is 34.2. The summed E-state index contributed by atoms with van der Waals surface area (Å²) in [5, 5.41) is 13.6. The van der Waals surface area contributed by atoms with Crippen LogP contribution in [0.4, 0.5) is 4.79 Å². The van der Waals surface area contributed by atoms with Gasteiger partial charge in [-0.3, -0.25) is 19.5 Å². The van der Waals surface area contributed by atoms with Gasteiger partial charge >= 0.3 is 12.0 Å². The molecule has 0 bridgehead atoms. The Kier molecular flexibility index (Phi) is 10.6. The first-order valence-corrected chi connectivity index (χ1v) is 17.4. The Morgan fingerprint density at radius 3 is 2.15 bits per heavy atom. The quantitative estimate of drug-likeness (QED) is 0.326. The molecule has 48 heavy (non-hydrogen) atoms. The first-order valence-electron chi connectivity index (χ1n) is 16.6. The summed E-state index contributed by atoms with van der Waals surface area (Å²) in [5.74, 6) is -0.818. The van der Waals surface area contributed by atoms with Crippen molar-refractivity contribution in [1.29, 1.82) is 0 Å². The molecule has 0 spiro atoms. The first-order chi connectivity index (χ1) is 23.2. The molecule has 3 fully saturated rings. The topological polar surface area (TPSA) is 109 Å². The predicted octanol–water partition coefficient (Wildman–Crippen LogP) is 4.97. The SMILES string of the molecule is O=C(O)CN1CCN(C(=O)NC2(c3ccncc3)CCN(CCC3(c4ccc(Cl)c(Cl)c4)CCN(C(=O)c4ccccc4)C3)CC2)CC1. The van der Waals surface area contributed by atoms with Crippen molar-refractivity contribution < 1.29 is 19.5 Å². The largest absolute Gasteiger partial charge is 0.480 e. The van der Waals surface area contributed by atoms with E-state index in [0.29, 0.717) is 54.9 Å². The Bertz CT molecular complexity index is 1600. The lowest BCUT2D eigenvalue weighted by atomic mass is 9.76. The van der Waals surface area contributed by atoms with Gasteiger partial charge in [0.1, 0.15) is 0 Å². The van der Waals surface area contributed by atoms with Crippen molar-refractivity contribution in [2.75, 3.05) is 65.4 Å². The molecule has 12 heteroatoms. The van der Waals surface area contributed by atoms with E-state index in [0.717, 1.165) is 56.4 Å². The number of aliphatic carboxylic acids is 1. The number of piperidine rings is 1. The summed E-state index contributed by atoms with van der Waals surface area (Å²) in [4.78, 5) is 50.5. The van der Waals surface area contributed by atoms with Crippen LogP contribution in [0, 0.1) is 0 Å². The van der Waals surface area contributed by atoms with Crippen molar-refractivity contribution >= 4 is 41.1 Å². The summed E-state index contributed by atoms with van der Waals surface area (Å²) in [6.07, 6.45) is 6.68. The van der Waals surface area contributed by atoms with Gasteiger partial charge in [-0.05, 0) is 79.8 Å². The minimum Gasteiger partial charge on any atom is -0.480 e. The monoisotopic (exact) mass is 692 g/mol. The Morgan fingerprint density at radius 1 is 0.771 bits per heavy atom. The van der Waals surface area contributed by atoms with Crippen molar-refractivity contribution in [2.24, 2.45) is 0 Å². The maximum absolute atomic E-state index is 13.6. The fourth-order valence-corrected chi connectivity index (χ4v) is 7.79. The number of carboxylic acid groups (broad SMARTS) is 1. The van der Waals surface area contributed by atoms with Crippen molar-refractivity contribution in [3.05, 3.63) is 99.8 Å². The molecule has 254 valence electrons. The van der Waals surface area contributed by atoms with Crippen LogP contribution in [0.15, 0.2) is 73.1 Å². The number of carbonyl (C=O) groups excluding carboxylic acids is 2. The van der Waals surface area contributed by atoms with E-state index in [1.807, 2.05) is 70.5 Å². The molecule has 0 aliphatic carbocycles. The average molecular weight is 694 g/mol. The molecule has 1 unspecified atom stereocenters. The summed E-state index contributed by atoms with van der Waals surface area (Å²) >= 11 is 12.8. The van der Waals surface area contributed by atoms with E-state index in [4.69, 9.17) is 28.3 Å². The van der Waals surface area contributed by atoms with Crippen molar-refractivity contribution in [1.82, 2.24) is 29.9 Å². The van der Waals surface area contributed by atoms with Gasteiger partial charge in [-0.15, -0.1) is 0 Å². The fraction of sp³-hybridized carbons (Fsp3) is 0.444. The Morgan fingerprint density at radius 2 is 1.48 bits per heavy atom. The summed E-state index contributed by atoms with van der Waals surface area (Å²) in [6, 6.07) is 19.1. The average Bonchev–Trinajstić information content (AvgIpc) is 3.55. The number of aromatic nitrogens is 1. The Balaban J connectivity index is 1.14. The number of hydrogen-bond acceptors (Lipinski definition) is 6. The Hall–Kier alpha value is -3.70. The second-order valence-electron chi connectivity index (χ2n) is 13.2. The second kappa shape index (κ2) is 14.8. The zero-order valence-electron chi connectivity index (χ0n) is 27.0. The Labute approximate surface area is 291 Å². The molecule has 3 aliphatic heterocycles. The number of carboxylic acids is 1.